The van der Waals surface area contributed by atoms with Gasteiger partial charge in [0.05, 0.1) is 0 Å². The summed E-state index contributed by atoms with van der Waals surface area (Å²) in [4.78, 5) is 0. The van der Waals surface area contributed by atoms with Crippen LogP contribution in [0.15, 0.2) is 182 Å². The first kappa shape index (κ1) is 28.5. The van der Waals surface area contributed by atoms with Crippen LogP contribution in [-0.2, 0) is 0 Å². The molecule has 0 atom stereocenters. The van der Waals surface area contributed by atoms with E-state index in [9.17, 15) is 0 Å². The summed E-state index contributed by atoms with van der Waals surface area (Å²) in [5.74, 6) is 0. The van der Waals surface area contributed by atoms with E-state index < -0.39 is 0 Å². The average molecular weight is 663 g/mol. The highest BCUT2D eigenvalue weighted by Crippen LogP contribution is 2.48. The van der Waals surface area contributed by atoms with E-state index >= 15 is 0 Å². The van der Waals surface area contributed by atoms with E-state index in [1.54, 1.807) is 0 Å². The molecule has 0 bridgehead atoms. The van der Waals surface area contributed by atoms with E-state index in [0.717, 1.165) is 0 Å². The predicted octanol–water partition coefficient (Wildman–Crippen LogP) is 14.8. The number of benzene rings is 10. The first-order valence-electron chi connectivity index (χ1n) is 17.6. The minimum Gasteiger partial charge on any atom is -0.135 e. The highest BCUT2D eigenvalue weighted by atomic mass is 32.1. The lowest BCUT2D eigenvalue weighted by molar-refractivity contribution is 1.67. The molecule has 0 aliphatic carbocycles. The Morgan fingerprint density at radius 2 is 0.627 bits per heavy atom. The van der Waals surface area contributed by atoms with Crippen LogP contribution in [0.3, 0.4) is 0 Å². The number of hydrogen-bond acceptors (Lipinski definition) is 1. The zero-order valence-corrected chi connectivity index (χ0v) is 28.5. The van der Waals surface area contributed by atoms with Gasteiger partial charge in [-0.1, -0.05) is 176 Å². The lowest BCUT2D eigenvalue weighted by atomic mass is 9.83. The third-order valence-corrected chi connectivity index (χ3v) is 12.1. The Morgan fingerprint density at radius 3 is 1.33 bits per heavy atom. The molecule has 11 rings (SSSR count). The van der Waals surface area contributed by atoms with Crippen molar-refractivity contribution in [3.8, 4) is 33.4 Å². The van der Waals surface area contributed by atoms with Gasteiger partial charge in [-0.25, -0.2) is 0 Å². The van der Waals surface area contributed by atoms with Crippen molar-refractivity contribution in [2.45, 2.75) is 0 Å². The lowest BCUT2D eigenvalue weighted by Crippen LogP contribution is -1.93. The molecule has 0 nitrogen and oxygen atoms in total. The van der Waals surface area contributed by atoms with Crippen LogP contribution in [-0.4, -0.2) is 0 Å². The summed E-state index contributed by atoms with van der Waals surface area (Å²) < 4.78 is 2.70. The molecule has 0 saturated heterocycles. The van der Waals surface area contributed by atoms with E-state index in [1.807, 2.05) is 11.3 Å². The van der Waals surface area contributed by atoms with Crippen LogP contribution in [0.4, 0.5) is 0 Å². The maximum Gasteiger partial charge on any atom is 0.0434 e. The maximum absolute atomic E-state index is 2.38. The number of rotatable bonds is 3. The van der Waals surface area contributed by atoms with Gasteiger partial charge in [0.2, 0.25) is 0 Å². The van der Waals surface area contributed by atoms with Crippen molar-refractivity contribution in [3.63, 3.8) is 0 Å². The van der Waals surface area contributed by atoms with Crippen molar-refractivity contribution in [1.29, 1.82) is 0 Å². The monoisotopic (exact) mass is 662 g/mol. The third kappa shape index (κ3) is 4.19. The normalized spacial score (nSPS) is 11.9. The van der Waals surface area contributed by atoms with Crippen LogP contribution in [0.1, 0.15) is 0 Å². The number of hydrogen-bond donors (Lipinski definition) is 0. The first-order chi connectivity index (χ1) is 25.3. The molecule has 1 aromatic heterocycles. The molecular formula is C50H30S. The largest absolute Gasteiger partial charge is 0.135 e. The van der Waals surface area contributed by atoms with Gasteiger partial charge in [-0.05, 0) is 87.9 Å². The van der Waals surface area contributed by atoms with Crippen molar-refractivity contribution in [2.75, 3.05) is 0 Å². The molecule has 0 aliphatic heterocycles. The quantitative estimate of drug-likeness (QED) is 0.165. The summed E-state index contributed by atoms with van der Waals surface area (Å²) in [5.41, 5.74) is 7.66. The summed E-state index contributed by atoms with van der Waals surface area (Å²) in [6, 6.07) is 67.4. The van der Waals surface area contributed by atoms with E-state index in [1.165, 1.54) is 107 Å². The second-order valence-corrected chi connectivity index (χ2v) is 14.6. The molecule has 0 amide bonds. The van der Waals surface area contributed by atoms with E-state index in [-0.39, 0.29) is 0 Å². The standard InChI is InChI=1S/C50H30S/c1-2-15-32-31(13-1)14-11-24-39(32)48-40-19-5-7-21-42(40)49(43-22-8-6-20-41(43)48)44-29-27-36(33-16-3-4-17-35(33)44)34-23-12-25-45-37(34)28-30-46-38-18-9-10-26-47(38)51-50(45)46/h1-30H. The van der Waals surface area contributed by atoms with Crippen LogP contribution >= 0.6 is 11.3 Å². The van der Waals surface area contributed by atoms with Crippen molar-refractivity contribution < 1.29 is 0 Å². The molecule has 51 heavy (non-hydrogen) atoms. The van der Waals surface area contributed by atoms with Crippen molar-refractivity contribution >= 4 is 85.4 Å². The second kappa shape index (κ2) is 11.1. The molecule has 0 unspecified atom stereocenters. The highest BCUT2D eigenvalue weighted by molar-refractivity contribution is 7.26. The fraction of sp³-hybridized carbons (Fsp3) is 0. The van der Waals surface area contributed by atoms with Gasteiger partial charge in [0.15, 0.2) is 0 Å². The van der Waals surface area contributed by atoms with E-state index in [2.05, 4.69) is 182 Å². The summed E-state index contributed by atoms with van der Waals surface area (Å²) in [6.45, 7) is 0. The molecule has 11 aromatic rings. The second-order valence-electron chi connectivity index (χ2n) is 13.5. The molecule has 0 aliphatic rings. The zero-order chi connectivity index (χ0) is 33.5. The zero-order valence-electron chi connectivity index (χ0n) is 27.7. The number of fused-ring (bicyclic) bond motifs is 9. The SMILES string of the molecule is c1ccc2c(-c3c4ccccc4c(-c4ccc(-c5cccc6c5ccc5c7ccccc7sc65)c5ccccc45)c4ccccc34)cccc2c1. The van der Waals surface area contributed by atoms with Gasteiger partial charge in [0.25, 0.3) is 0 Å². The van der Waals surface area contributed by atoms with Gasteiger partial charge in [-0.2, -0.15) is 0 Å². The Bertz CT molecular complexity index is 3130. The molecular weight excluding hydrogens is 633 g/mol. The topological polar surface area (TPSA) is 0 Å². The molecule has 236 valence electrons. The average Bonchev–Trinajstić information content (AvgIpc) is 3.59. The fourth-order valence-corrected chi connectivity index (χ4v) is 9.91. The van der Waals surface area contributed by atoms with Gasteiger partial charge in [-0.15, -0.1) is 11.3 Å². The number of thiophene rings is 1. The molecule has 0 radical (unpaired) electrons. The Balaban J connectivity index is 1.20. The van der Waals surface area contributed by atoms with Crippen LogP contribution < -0.4 is 0 Å². The van der Waals surface area contributed by atoms with Gasteiger partial charge in [-0.3, -0.25) is 0 Å². The third-order valence-electron chi connectivity index (χ3n) is 10.9. The van der Waals surface area contributed by atoms with E-state index in [0.29, 0.717) is 0 Å². The molecule has 0 spiro atoms. The molecule has 0 N–H and O–H groups in total. The van der Waals surface area contributed by atoms with Crippen LogP contribution in [0, 0.1) is 0 Å². The molecule has 10 aromatic carbocycles. The minimum absolute atomic E-state index is 1.26. The predicted molar refractivity (Wildman–Crippen MR) is 223 cm³/mol. The van der Waals surface area contributed by atoms with Crippen molar-refractivity contribution in [2.24, 2.45) is 0 Å². The Hall–Kier alpha value is -6.28. The molecule has 0 fully saturated rings. The van der Waals surface area contributed by atoms with E-state index in [4.69, 9.17) is 0 Å². The first-order valence-corrected chi connectivity index (χ1v) is 18.4. The lowest BCUT2D eigenvalue weighted by Gasteiger charge is -2.20. The summed E-state index contributed by atoms with van der Waals surface area (Å²) in [6.07, 6.45) is 0. The minimum atomic E-state index is 1.26. The summed E-state index contributed by atoms with van der Waals surface area (Å²) in [7, 11) is 0. The summed E-state index contributed by atoms with van der Waals surface area (Å²) >= 11 is 1.90. The maximum atomic E-state index is 2.38. The van der Waals surface area contributed by atoms with Gasteiger partial charge >= 0.3 is 0 Å². The van der Waals surface area contributed by atoms with Gasteiger partial charge < -0.3 is 0 Å². The van der Waals surface area contributed by atoms with Crippen molar-refractivity contribution in [3.05, 3.63) is 182 Å². The van der Waals surface area contributed by atoms with Gasteiger partial charge in [0.1, 0.15) is 0 Å². The molecule has 0 saturated carbocycles. The van der Waals surface area contributed by atoms with Crippen molar-refractivity contribution in [1.82, 2.24) is 0 Å². The highest BCUT2D eigenvalue weighted by Gasteiger charge is 2.20. The summed E-state index contributed by atoms with van der Waals surface area (Å²) in [5, 5.41) is 15.5. The van der Waals surface area contributed by atoms with Gasteiger partial charge in [0, 0.05) is 25.6 Å². The Labute approximate surface area is 299 Å². The van der Waals surface area contributed by atoms with Crippen LogP contribution in [0.5, 0.6) is 0 Å². The van der Waals surface area contributed by atoms with Crippen LogP contribution in [0.2, 0.25) is 0 Å². The Morgan fingerprint density at radius 1 is 0.235 bits per heavy atom. The molecule has 1 heteroatoms. The fourth-order valence-electron chi connectivity index (χ4n) is 8.68. The Kier molecular flexibility index (Phi) is 6.22. The molecule has 1 heterocycles. The smallest absolute Gasteiger partial charge is 0.0434 e. The van der Waals surface area contributed by atoms with Crippen LogP contribution in [0.25, 0.3) is 107 Å².